The molecule has 4 heteroatoms. The molecule has 0 fully saturated rings. The number of aliphatic hydroxyl groups is 1. The summed E-state index contributed by atoms with van der Waals surface area (Å²) in [6.45, 7) is 5.15. The number of hydrogen-bond donors (Lipinski definition) is 1. The summed E-state index contributed by atoms with van der Waals surface area (Å²) in [5.41, 5.74) is 1.77. The predicted molar refractivity (Wildman–Crippen MR) is 76.8 cm³/mol. The van der Waals surface area contributed by atoms with Crippen LogP contribution in [0.4, 0.5) is 0 Å². The van der Waals surface area contributed by atoms with Crippen molar-refractivity contribution in [2.24, 2.45) is 0 Å². The third kappa shape index (κ3) is 4.10. The van der Waals surface area contributed by atoms with Crippen molar-refractivity contribution in [3.8, 4) is 0 Å². The van der Waals surface area contributed by atoms with Crippen LogP contribution in [0.3, 0.4) is 0 Å². The first kappa shape index (κ1) is 15.2. The van der Waals surface area contributed by atoms with Gasteiger partial charge in [-0.1, -0.05) is 19.4 Å². The topological polar surface area (TPSA) is 40.5 Å². The fraction of sp³-hybridized carbons (Fsp3) is 0.500. The maximum Gasteiger partial charge on any atom is 0.255 e. The minimum Gasteiger partial charge on any atom is -0.395 e. The molecule has 1 N–H and O–H groups in total. The molecule has 0 aliphatic carbocycles. The van der Waals surface area contributed by atoms with Crippen molar-refractivity contribution in [1.82, 2.24) is 4.90 Å². The molecule has 0 saturated carbocycles. The maximum atomic E-state index is 12.4. The van der Waals surface area contributed by atoms with Crippen molar-refractivity contribution in [2.45, 2.75) is 26.7 Å². The molecule has 1 aromatic carbocycles. The molecule has 3 nitrogen and oxygen atoms in total. The van der Waals surface area contributed by atoms with Gasteiger partial charge >= 0.3 is 0 Å². The quantitative estimate of drug-likeness (QED) is 0.877. The monoisotopic (exact) mass is 313 g/mol. The highest BCUT2D eigenvalue weighted by atomic mass is 79.9. The number of carbonyl (C=O) groups is 1. The number of aliphatic hydroxyl groups excluding tert-OH is 1. The lowest BCUT2D eigenvalue weighted by atomic mass is 10.1. The molecule has 0 bridgehead atoms. The van der Waals surface area contributed by atoms with Gasteiger partial charge in [0.1, 0.15) is 0 Å². The van der Waals surface area contributed by atoms with Crippen molar-refractivity contribution in [1.29, 1.82) is 0 Å². The predicted octanol–water partition coefficient (Wildman–Crippen LogP) is 2.99. The molecule has 0 atom stereocenters. The minimum absolute atomic E-state index is 0.00106. The van der Waals surface area contributed by atoms with Crippen LogP contribution in [0.25, 0.3) is 0 Å². The largest absolute Gasteiger partial charge is 0.395 e. The summed E-state index contributed by atoms with van der Waals surface area (Å²) in [7, 11) is 0. The van der Waals surface area contributed by atoms with Gasteiger partial charge in [0.2, 0.25) is 0 Å². The molecular weight excluding hydrogens is 294 g/mol. The Morgan fingerprint density at radius 1 is 1.39 bits per heavy atom. The molecule has 0 unspecified atom stereocenters. The van der Waals surface area contributed by atoms with Crippen molar-refractivity contribution in [3.05, 3.63) is 33.8 Å². The summed E-state index contributed by atoms with van der Waals surface area (Å²) in [5, 5.41) is 9.04. The molecule has 0 radical (unpaired) electrons. The summed E-state index contributed by atoms with van der Waals surface area (Å²) < 4.78 is 0.812. The minimum atomic E-state index is -0.0237. The number of hydrogen-bond acceptors (Lipinski definition) is 2. The van der Waals surface area contributed by atoms with Crippen LogP contribution in [-0.4, -0.2) is 35.6 Å². The summed E-state index contributed by atoms with van der Waals surface area (Å²) in [6.07, 6.45) is 1.99. The van der Waals surface area contributed by atoms with Crippen LogP contribution in [0.5, 0.6) is 0 Å². The summed E-state index contributed by atoms with van der Waals surface area (Å²) in [6, 6.07) is 5.69. The van der Waals surface area contributed by atoms with E-state index in [9.17, 15) is 4.79 Å². The number of halogens is 1. The first-order chi connectivity index (χ1) is 8.60. The number of carbonyl (C=O) groups excluding carboxylic acids is 1. The third-order valence-electron chi connectivity index (χ3n) is 2.79. The lowest BCUT2D eigenvalue weighted by molar-refractivity contribution is 0.0718. The van der Waals surface area contributed by atoms with E-state index in [1.165, 1.54) is 0 Å². The number of benzene rings is 1. The Kier molecular flexibility index (Phi) is 6.36. The average Bonchev–Trinajstić information content (AvgIpc) is 2.33. The normalized spacial score (nSPS) is 10.4. The Balaban J connectivity index is 2.87. The Labute approximate surface area is 117 Å². The van der Waals surface area contributed by atoms with Crippen molar-refractivity contribution < 1.29 is 9.90 Å². The number of unbranched alkanes of at least 4 members (excludes halogenated alkanes) is 1. The van der Waals surface area contributed by atoms with E-state index in [4.69, 9.17) is 5.11 Å². The van der Waals surface area contributed by atoms with Crippen molar-refractivity contribution in [2.75, 3.05) is 19.7 Å². The highest BCUT2D eigenvalue weighted by Crippen LogP contribution is 2.20. The van der Waals surface area contributed by atoms with Crippen molar-refractivity contribution in [3.63, 3.8) is 0 Å². The van der Waals surface area contributed by atoms with Crippen molar-refractivity contribution >= 4 is 21.8 Å². The lowest BCUT2D eigenvalue weighted by Crippen LogP contribution is -2.34. The lowest BCUT2D eigenvalue weighted by Gasteiger charge is -2.22. The smallest absolute Gasteiger partial charge is 0.255 e. The second kappa shape index (κ2) is 7.54. The molecule has 0 aromatic heterocycles. The molecule has 0 heterocycles. The van der Waals surface area contributed by atoms with E-state index < -0.39 is 0 Å². The fourth-order valence-electron chi connectivity index (χ4n) is 1.75. The van der Waals surface area contributed by atoms with Gasteiger partial charge < -0.3 is 10.0 Å². The van der Waals surface area contributed by atoms with Gasteiger partial charge in [-0.3, -0.25) is 4.79 Å². The zero-order chi connectivity index (χ0) is 13.5. The maximum absolute atomic E-state index is 12.4. The van der Waals surface area contributed by atoms with E-state index in [1.807, 2.05) is 25.1 Å². The number of aryl methyl sites for hydroxylation is 1. The van der Waals surface area contributed by atoms with E-state index in [1.54, 1.807) is 4.90 Å². The van der Waals surface area contributed by atoms with Gasteiger partial charge in [-0.05, 0) is 47.0 Å². The number of rotatable bonds is 6. The zero-order valence-corrected chi connectivity index (χ0v) is 12.5. The second-order valence-electron chi connectivity index (χ2n) is 4.35. The van der Waals surface area contributed by atoms with E-state index in [0.717, 1.165) is 22.9 Å². The van der Waals surface area contributed by atoms with E-state index in [-0.39, 0.29) is 12.5 Å². The van der Waals surface area contributed by atoms with Gasteiger partial charge in [0, 0.05) is 17.6 Å². The Morgan fingerprint density at radius 2 is 2.11 bits per heavy atom. The number of amides is 1. The molecule has 1 rings (SSSR count). The van der Waals surface area contributed by atoms with Gasteiger partial charge in [0.25, 0.3) is 5.91 Å². The zero-order valence-electron chi connectivity index (χ0n) is 10.9. The van der Waals surface area contributed by atoms with Gasteiger partial charge in [0.05, 0.1) is 12.2 Å². The molecule has 18 heavy (non-hydrogen) atoms. The van der Waals surface area contributed by atoms with Gasteiger partial charge in [-0.2, -0.15) is 0 Å². The molecule has 100 valence electrons. The Hall–Kier alpha value is -0.870. The fourth-order valence-corrected chi connectivity index (χ4v) is 2.41. The van der Waals surface area contributed by atoms with Gasteiger partial charge in [-0.25, -0.2) is 0 Å². The molecule has 0 aliphatic rings. The van der Waals surface area contributed by atoms with Crippen LogP contribution in [0.2, 0.25) is 0 Å². The molecule has 0 spiro atoms. The van der Waals surface area contributed by atoms with E-state index in [2.05, 4.69) is 22.9 Å². The van der Waals surface area contributed by atoms with Crippen LogP contribution in [0, 0.1) is 6.92 Å². The highest BCUT2D eigenvalue weighted by Gasteiger charge is 2.17. The van der Waals surface area contributed by atoms with Crippen LogP contribution >= 0.6 is 15.9 Å². The Bertz CT molecular complexity index is 407. The van der Waals surface area contributed by atoms with Gasteiger partial charge in [-0.15, -0.1) is 0 Å². The van der Waals surface area contributed by atoms with Crippen LogP contribution in [0.15, 0.2) is 22.7 Å². The first-order valence-corrected chi connectivity index (χ1v) is 7.05. The summed E-state index contributed by atoms with van der Waals surface area (Å²) >= 11 is 3.43. The highest BCUT2D eigenvalue weighted by molar-refractivity contribution is 9.10. The summed E-state index contributed by atoms with van der Waals surface area (Å²) in [4.78, 5) is 14.1. The third-order valence-corrected chi connectivity index (χ3v) is 3.45. The SMILES string of the molecule is CCCCN(CCO)C(=O)c1ccc(C)cc1Br. The molecule has 1 aromatic rings. The standard InChI is InChI=1S/C14H20BrNO2/c1-3-4-7-16(8-9-17)14(18)12-6-5-11(2)10-13(12)15/h5-6,10,17H,3-4,7-9H2,1-2H3. The molecule has 1 amide bonds. The second-order valence-corrected chi connectivity index (χ2v) is 5.21. The number of nitrogens with zero attached hydrogens (tertiary/aromatic N) is 1. The Morgan fingerprint density at radius 3 is 2.67 bits per heavy atom. The molecule has 0 saturated heterocycles. The average molecular weight is 314 g/mol. The van der Waals surface area contributed by atoms with Crippen LogP contribution < -0.4 is 0 Å². The van der Waals surface area contributed by atoms with E-state index in [0.29, 0.717) is 18.7 Å². The molecular formula is C14H20BrNO2. The van der Waals surface area contributed by atoms with E-state index >= 15 is 0 Å². The summed E-state index contributed by atoms with van der Waals surface area (Å²) in [5.74, 6) is -0.0237. The first-order valence-electron chi connectivity index (χ1n) is 6.26. The molecule has 0 aliphatic heterocycles. The van der Waals surface area contributed by atoms with Crippen LogP contribution in [0.1, 0.15) is 35.7 Å². The van der Waals surface area contributed by atoms with Gasteiger partial charge in [0.15, 0.2) is 0 Å². The van der Waals surface area contributed by atoms with Crippen LogP contribution in [-0.2, 0) is 0 Å².